The van der Waals surface area contributed by atoms with Crippen LogP contribution < -0.4 is 0 Å². The Kier molecular flexibility index (Phi) is 1.58. The molecule has 0 unspecified atom stereocenters. The molecule has 2 nitrogen and oxygen atoms in total. The third-order valence-electron chi connectivity index (χ3n) is 0.758. The van der Waals surface area contributed by atoms with Crippen LogP contribution in [0.1, 0.15) is 5.56 Å². The van der Waals surface area contributed by atoms with Gasteiger partial charge in [0.15, 0.2) is 0 Å². The molecule has 0 saturated carbocycles. The molecule has 1 aromatic rings. The summed E-state index contributed by atoms with van der Waals surface area (Å²) >= 11 is 3.23. The first-order chi connectivity index (χ1) is 3.80. The summed E-state index contributed by atoms with van der Waals surface area (Å²) in [7, 11) is 0. The number of aromatic nitrogens is 2. The second-order valence-electron chi connectivity index (χ2n) is 1.36. The quantitative estimate of drug-likeness (QED) is 0.591. The Hall–Kier alpha value is -0.440. The van der Waals surface area contributed by atoms with Gasteiger partial charge in [-0.1, -0.05) is 0 Å². The zero-order valence-corrected chi connectivity index (χ0v) is 5.72. The van der Waals surface area contributed by atoms with E-state index in [1.165, 1.54) is 0 Å². The Morgan fingerprint density at radius 3 is 2.38 bits per heavy atom. The second kappa shape index (κ2) is 2.22. The highest BCUT2D eigenvalue weighted by Gasteiger charge is 1.88. The fourth-order valence-corrected chi connectivity index (χ4v) is 0.526. The SMILES string of the molecule is [CH2]c1cnncc1Br. The zero-order valence-electron chi connectivity index (χ0n) is 4.13. The molecule has 3 heteroatoms. The van der Waals surface area contributed by atoms with Gasteiger partial charge in [0.05, 0.1) is 12.4 Å². The van der Waals surface area contributed by atoms with E-state index in [2.05, 4.69) is 33.1 Å². The summed E-state index contributed by atoms with van der Waals surface area (Å²) in [6.45, 7) is 3.67. The fourth-order valence-electron chi connectivity index (χ4n) is 0.332. The van der Waals surface area contributed by atoms with Crippen LogP contribution in [0.15, 0.2) is 16.9 Å². The van der Waals surface area contributed by atoms with Crippen molar-refractivity contribution in [3.8, 4) is 0 Å². The average Bonchev–Trinajstić information content (AvgIpc) is 1.77. The summed E-state index contributed by atoms with van der Waals surface area (Å²) in [4.78, 5) is 0. The molecule has 1 aromatic heterocycles. The lowest BCUT2D eigenvalue weighted by molar-refractivity contribution is 1.01. The minimum absolute atomic E-state index is 0.861. The van der Waals surface area contributed by atoms with Crippen LogP contribution in [0.2, 0.25) is 0 Å². The molecule has 0 aliphatic heterocycles. The zero-order chi connectivity index (χ0) is 5.98. The maximum absolute atomic E-state index is 3.67. The largest absolute Gasteiger partial charge is 0.159 e. The number of hydrogen-bond acceptors (Lipinski definition) is 2. The van der Waals surface area contributed by atoms with Crippen LogP contribution in [0.5, 0.6) is 0 Å². The molecule has 1 radical (unpaired) electrons. The first-order valence-corrected chi connectivity index (χ1v) is 2.88. The van der Waals surface area contributed by atoms with E-state index in [0.29, 0.717) is 0 Å². The molecule has 0 aromatic carbocycles. The first-order valence-electron chi connectivity index (χ1n) is 2.09. The molecule has 0 fully saturated rings. The van der Waals surface area contributed by atoms with Crippen molar-refractivity contribution in [2.45, 2.75) is 0 Å². The molecule has 41 valence electrons. The fraction of sp³-hybridized carbons (Fsp3) is 0. The normalized spacial score (nSPS) is 9.25. The van der Waals surface area contributed by atoms with Gasteiger partial charge in [-0.2, -0.15) is 10.2 Å². The summed E-state index contributed by atoms with van der Waals surface area (Å²) in [5, 5.41) is 7.21. The molecule has 0 N–H and O–H groups in total. The topological polar surface area (TPSA) is 25.8 Å². The molecule has 0 aliphatic carbocycles. The van der Waals surface area contributed by atoms with Gasteiger partial charge in [-0.3, -0.25) is 0 Å². The molecule has 0 amide bonds. The standard InChI is InChI=1S/C5H4BrN2/c1-4-2-7-8-3-5(4)6/h2-3H,1H2. The minimum Gasteiger partial charge on any atom is -0.159 e. The molecule has 8 heavy (non-hydrogen) atoms. The summed E-state index contributed by atoms with van der Waals surface area (Å²) in [5.41, 5.74) is 0.861. The lowest BCUT2D eigenvalue weighted by atomic mass is 10.4. The Morgan fingerprint density at radius 2 is 2.00 bits per heavy atom. The van der Waals surface area contributed by atoms with Crippen molar-refractivity contribution in [1.29, 1.82) is 0 Å². The van der Waals surface area contributed by atoms with Crippen molar-refractivity contribution in [3.63, 3.8) is 0 Å². The number of hydrogen-bond donors (Lipinski definition) is 0. The molecule has 0 aliphatic rings. The molecular weight excluding hydrogens is 168 g/mol. The summed E-state index contributed by atoms with van der Waals surface area (Å²) < 4.78 is 0.896. The predicted octanol–water partition coefficient (Wildman–Crippen LogP) is 1.42. The second-order valence-corrected chi connectivity index (χ2v) is 2.22. The van der Waals surface area contributed by atoms with Crippen molar-refractivity contribution < 1.29 is 0 Å². The average molecular weight is 172 g/mol. The van der Waals surface area contributed by atoms with Gasteiger partial charge >= 0.3 is 0 Å². The maximum atomic E-state index is 3.67. The highest BCUT2D eigenvalue weighted by Crippen LogP contribution is 2.10. The molecule has 0 saturated heterocycles. The van der Waals surface area contributed by atoms with Gasteiger partial charge in [-0.15, -0.1) is 0 Å². The van der Waals surface area contributed by atoms with Crippen molar-refractivity contribution in [2.24, 2.45) is 0 Å². The third-order valence-corrected chi connectivity index (χ3v) is 1.47. The van der Waals surface area contributed by atoms with Crippen LogP contribution >= 0.6 is 15.9 Å². The Morgan fingerprint density at radius 1 is 1.38 bits per heavy atom. The number of halogens is 1. The third kappa shape index (κ3) is 1.04. The molecule has 1 heterocycles. The number of rotatable bonds is 0. The van der Waals surface area contributed by atoms with Crippen molar-refractivity contribution in [2.75, 3.05) is 0 Å². The van der Waals surface area contributed by atoms with E-state index in [9.17, 15) is 0 Å². The van der Waals surface area contributed by atoms with E-state index < -0.39 is 0 Å². The Labute approximate surface area is 56.1 Å². The Balaban J connectivity index is 3.13. The summed E-state index contributed by atoms with van der Waals surface area (Å²) in [6.07, 6.45) is 3.21. The van der Waals surface area contributed by atoms with E-state index in [-0.39, 0.29) is 0 Å². The minimum atomic E-state index is 0.861. The van der Waals surface area contributed by atoms with Crippen LogP contribution in [0, 0.1) is 6.92 Å². The van der Waals surface area contributed by atoms with E-state index in [1.54, 1.807) is 12.4 Å². The van der Waals surface area contributed by atoms with Gasteiger partial charge in [-0.05, 0) is 28.4 Å². The molecule has 0 atom stereocenters. The predicted molar refractivity (Wildman–Crippen MR) is 34.2 cm³/mol. The highest BCUT2D eigenvalue weighted by atomic mass is 79.9. The van der Waals surface area contributed by atoms with Crippen LogP contribution in [-0.4, -0.2) is 10.2 Å². The summed E-state index contributed by atoms with van der Waals surface area (Å²) in [6, 6.07) is 0. The number of nitrogens with zero attached hydrogens (tertiary/aromatic N) is 2. The van der Waals surface area contributed by atoms with Crippen LogP contribution in [0.3, 0.4) is 0 Å². The lowest BCUT2D eigenvalue weighted by Crippen LogP contribution is -1.80. The van der Waals surface area contributed by atoms with E-state index >= 15 is 0 Å². The lowest BCUT2D eigenvalue weighted by Gasteiger charge is -1.89. The van der Waals surface area contributed by atoms with Gasteiger partial charge in [0.2, 0.25) is 0 Å². The van der Waals surface area contributed by atoms with Crippen LogP contribution in [0.25, 0.3) is 0 Å². The van der Waals surface area contributed by atoms with E-state index in [4.69, 9.17) is 0 Å². The molecule has 1 rings (SSSR count). The van der Waals surface area contributed by atoms with Crippen LogP contribution in [0.4, 0.5) is 0 Å². The first kappa shape index (κ1) is 5.69. The summed E-state index contributed by atoms with van der Waals surface area (Å²) in [5.74, 6) is 0. The van der Waals surface area contributed by atoms with Crippen molar-refractivity contribution in [1.82, 2.24) is 10.2 Å². The van der Waals surface area contributed by atoms with Crippen molar-refractivity contribution >= 4 is 15.9 Å². The van der Waals surface area contributed by atoms with E-state index in [0.717, 1.165) is 10.0 Å². The van der Waals surface area contributed by atoms with Gasteiger partial charge in [0, 0.05) is 4.47 Å². The molecule has 0 spiro atoms. The van der Waals surface area contributed by atoms with Gasteiger partial charge in [0.1, 0.15) is 0 Å². The van der Waals surface area contributed by atoms with Gasteiger partial charge in [-0.25, -0.2) is 0 Å². The molecule has 0 bridgehead atoms. The Bertz CT molecular complexity index is 167. The van der Waals surface area contributed by atoms with E-state index in [1.807, 2.05) is 0 Å². The molecular formula is C5H4BrN2. The van der Waals surface area contributed by atoms with Gasteiger partial charge < -0.3 is 0 Å². The van der Waals surface area contributed by atoms with Crippen LogP contribution in [-0.2, 0) is 0 Å². The monoisotopic (exact) mass is 171 g/mol. The highest BCUT2D eigenvalue weighted by molar-refractivity contribution is 9.10. The van der Waals surface area contributed by atoms with Crippen molar-refractivity contribution in [3.05, 3.63) is 29.4 Å². The van der Waals surface area contributed by atoms with Gasteiger partial charge in [0.25, 0.3) is 0 Å². The maximum Gasteiger partial charge on any atom is 0.0641 e. The smallest absolute Gasteiger partial charge is 0.0641 e.